The second-order valence-corrected chi connectivity index (χ2v) is 3.55. The van der Waals surface area contributed by atoms with E-state index in [0.29, 0.717) is 6.07 Å². The first kappa shape index (κ1) is 14.9. The molecule has 3 nitrogen and oxygen atoms in total. The minimum Gasteiger partial charge on any atom is -0.508 e. The second-order valence-electron chi connectivity index (χ2n) is 3.55. The second kappa shape index (κ2) is 6.14. The normalized spacial score (nSPS) is 10.5. The molecule has 6 heteroatoms. The molecule has 0 amide bonds. The number of phenols is 1. The van der Waals surface area contributed by atoms with Crippen molar-refractivity contribution in [3.05, 3.63) is 29.3 Å². The van der Waals surface area contributed by atoms with Crippen molar-refractivity contribution in [3.8, 4) is 17.6 Å². The number of phenolic OH excluding ortho intramolecular Hbond substituents is 1. The maximum Gasteiger partial charge on any atom is 0.416 e. The highest BCUT2D eigenvalue weighted by molar-refractivity contribution is 5.72. The van der Waals surface area contributed by atoms with Gasteiger partial charge in [0.05, 0.1) is 12.2 Å². The molecule has 102 valence electrons. The Morgan fingerprint density at radius 1 is 1.37 bits per heavy atom. The zero-order chi connectivity index (χ0) is 14.5. The van der Waals surface area contributed by atoms with Gasteiger partial charge >= 0.3 is 12.1 Å². The predicted octanol–water partition coefficient (Wildman–Crippen LogP) is 2.72. The van der Waals surface area contributed by atoms with Gasteiger partial charge in [-0.15, -0.1) is 0 Å². The van der Waals surface area contributed by atoms with Crippen molar-refractivity contribution < 1.29 is 27.8 Å². The average Bonchev–Trinajstić information content (AvgIpc) is 2.27. The fraction of sp³-hybridized carbons (Fsp3) is 0.308. The summed E-state index contributed by atoms with van der Waals surface area (Å²) in [6.07, 6.45) is -4.78. The van der Waals surface area contributed by atoms with E-state index in [9.17, 15) is 23.1 Å². The van der Waals surface area contributed by atoms with Crippen molar-refractivity contribution in [1.29, 1.82) is 0 Å². The Morgan fingerprint density at radius 2 is 2.05 bits per heavy atom. The molecule has 19 heavy (non-hydrogen) atoms. The molecule has 0 aliphatic carbocycles. The zero-order valence-corrected chi connectivity index (χ0v) is 10.0. The van der Waals surface area contributed by atoms with Gasteiger partial charge in [-0.25, -0.2) is 0 Å². The van der Waals surface area contributed by atoms with Crippen LogP contribution in [0.15, 0.2) is 18.2 Å². The lowest BCUT2D eigenvalue weighted by molar-refractivity contribution is -0.142. The standard InChI is InChI=1S/C13H11F3O3/c1-2-19-12(18)5-3-4-9-6-10(13(14,15)16)8-11(17)7-9/h6-8,17H,2,5H2,1H3. The maximum absolute atomic E-state index is 12.5. The van der Waals surface area contributed by atoms with Crippen LogP contribution in [0.25, 0.3) is 0 Å². The lowest BCUT2D eigenvalue weighted by Gasteiger charge is -2.07. The van der Waals surface area contributed by atoms with Crippen molar-refractivity contribution in [2.45, 2.75) is 19.5 Å². The number of hydrogen-bond acceptors (Lipinski definition) is 3. The van der Waals surface area contributed by atoms with E-state index in [1.807, 2.05) is 0 Å². The largest absolute Gasteiger partial charge is 0.508 e. The summed E-state index contributed by atoms with van der Waals surface area (Å²) >= 11 is 0. The molecule has 0 saturated heterocycles. The molecule has 0 bridgehead atoms. The third kappa shape index (κ3) is 4.92. The van der Waals surface area contributed by atoms with Crippen LogP contribution in [-0.4, -0.2) is 17.7 Å². The molecule has 0 unspecified atom stereocenters. The minimum absolute atomic E-state index is 0.0170. The molecule has 1 N–H and O–H groups in total. The summed E-state index contributed by atoms with van der Waals surface area (Å²) in [6, 6.07) is 2.50. The molecule has 1 rings (SSSR count). The lowest BCUT2D eigenvalue weighted by atomic mass is 10.1. The highest BCUT2D eigenvalue weighted by Crippen LogP contribution is 2.32. The number of aromatic hydroxyl groups is 1. The van der Waals surface area contributed by atoms with Gasteiger partial charge in [0.25, 0.3) is 0 Å². The van der Waals surface area contributed by atoms with E-state index in [2.05, 4.69) is 16.6 Å². The van der Waals surface area contributed by atoms with Crippen LogP contribution in [0, 0.1) is 11.8 Å². The molecule has 0 radical (unpaired) electrons. The smallest absolute Gasteiger partial charge is 0.416 e. The SMILES string of the molecule is CCOC(=O)CC#Cc1cc(O)cc(C(F)(F)F)c1. The first-order chi connectivity index (χ1) is 8.82. The Morgan fingerprint density at radius 3 is 2.63 bits per heavy atom. The zero-order valence-electron chi connectivity index (χ0n) is 10.0. The molecule has 1 aromatic carbocycles. The third-order valence-electron chi connectivity index (χ3n) is 2.02. The summed E-state index contributed by atoms with van der Waals surface area (Å²) in [7, 11) is 0. The predicted molar refractivity (Wildman–Crippen MR) is 61.2 cm³/mol. The van der Waals surface area contributed by atoms with Crippen LogP contribution in [0.3, 0.4) is 0 Å². The number of carbonyl (C=O) groups excluding carboxylic acids is 1. The number of halogens is 3. The summed E-state index contributed by atoms with van der Waals surface area (Å²) in [6.45, 7) is 1.85. The molecule has 0 saturated carbocycles. The fourth-order valence-corrected chi connectivity index (χ4v) is 1.28. The molecule has 0 atom stereocenters. The molecule has 0 heterocycles. The Labute approximate surface area is 108 Å². The molecular weight excluding hydrogens is 261 g/mol. The quantitative estimate of drug-likeness (QED) is 0.665. The summed E-state index contributed by atoms with van der Waals surface area (Å²) in [4.78, 5) is 11.0. The monoisotopic (exact) mass is 272 g/mol. The van der Waals surface area contributed by atoms with E-state index >= 15 is 0 Å². The van der Waals surface area contributed by atoms with E-state index < -0.39 is 23.5 Å². The van der Waals surface area contributed by atoms with Gasteiger partial charge in [-0.3, -0.25) is 4.79 Å². The molecule has 0 aliphatic rings. The summed E-state index contributed by atoms with van der Waals surface area (Å²) < 4.78 is 42.0. The van der Waals surface area contributed by atoms with Crippen LogP contribution < -0.4 is 0 Å². The number of benzene rings is 1. The Hall–Kier alpha value is -2.16. The molecule has 0 spiro atoms. The first-order valence-corrected chi connectivity index (χ1v) is 5.38. The summed E-state index contributed by atoms with van der Waals surface area (Å²) in [5.74, 6) is 3.68. The molecular formula is C13H11F3O3. The number of hydrogen-bond donors (Lipinski definition) is 1. The highest BCUT2D eigenvalue weighted by Gasteiger charge is 2.31. The van der Waals surface area contributed by atoms with E-state index in [1.165, 1.54) is 0 Å². The van der Waals surface area contributed by atoms with E-state index in [4.69, 9.17) is 0 Å². The van der Waals surface area contributed by atoms with Crippen LogP contribution in [0.5, 0.6) is 5.75 Å². The Kier molecular flexibility index (Phi) is 4.81. The fourth-order valence-electron chi connectivity index (χ4n) is 1.28. The van der Waals surface area contributed by atoms with Crippen molar-refractivity contribution in [2.75, 3.05) is 6.61 Å². The van der Waals surface area contributed by atoms with Crippen molar-refractivity contribution >= 4 is 5.97 Å². The third-order valence-corrected chi connectivity index (χ3v) is 2.02. The van der Waals surface area contributed by atoms with Gasteiger partial charge in [-0.2, -0.15) is 13.2 Å². The summed E-state index contributed by atoms with van der Waals surface area (Å²) in [5, 5.41) is 9.19. The van der Waals surface area contributed by atoms with Gasteiger partial charge in [0.15, 0.2) is 0 Å². The van der Waals surface area contributed by atoms with Crippen LogP contribution >= 0.6 is 0 Å². The number of alkyl halides is 3. The number of rotatable bonds is 2. The van der Waals surface area contributed by atoms with Gasteiger partial charge in [-0.05, 0) is 25.1 Å². The van der Waals surface area contributed by atoms with Gasteiger partial charge in [-0.1, -0.05) is 11.8 Å². The minimum atomic E-state index is -4.56. The van der Waals surface area contributed by atoms with Crippen molar-refractivity contribution in [2.24, 2.45) is 0 Å². The maximum atomic E-state index is 12.5. The van der Waals surface area contributed by atoms with Crippen LogP contribution in [0.1, 0.15) is 24.5 Å². The highest BCUT2D eigenvalue weighted by atomic mass is 19.4. The van der Waals surface area contributed by atoms with Crippen molar-refractivity contribution in [1.82, 2.24) is 0 Å². The van der Waals surface area contributed by atoms with Crippen LogP contribution in [-0.2, 0) is 15.7 Å². The lowest BCUT2D eigenvalue weighted by Crippen LogP contribution is -2.05. The van der Waals surface area contributed by atoms with Gasteiger partial charge in [0.1, 0.15) is 12.2 Å². The number of carbonyl (C=O) groups is 1. The van der Waals surface area contributed by atoms with Gasteiger partial charge in [0.2, 0.25) is 0 Å². The molecule has 0 aliphatic heterocycles. The van der Waals surface area contributed by atoms with Gasteiger partial charge < -0.3 is 9.84 Å². The van der Waals surface area contributed by atoms with E-state index in [1.54, 1.807) is 6.92 Å². The topological polar surface area (TPSA) is 46.5 Å². The van der Waals surface area contributed by atoms with E-state index in [0.717, 1.165) is 12.1 Å². The molecule has 1 aromatic rings. The van der Waals surface area contributed by atoms with Crippen LogP contribution in [0.2, 0.25) is 0 Å². The van der Waals surface area contributed by atoms with Crippen LogP contribution in [0.4, 0.5) is 13.2 Å². The summed E-state index contributed by atoms with van der Waals surface area (Å²) in [5.41, 5.74) is -1.01. The van der Waals surface area contributed by atoms with E-state index in [-0.39, 0.29) is 18.6 Å². The first-order valence-electron chi connectivity index (χ1n) is 5.38. The Balaban J connectivity index is 2.88. The molecule has 0 fully saturated rings. The molecule has 0 aromatic heterocycles. The Bertz CT molecular complexity index is 524. The van der Waals surface area contributed by atoms with Gasteiger partial charge in [0, 0.05) is 5.56 Å². The number of ether oxygens (including phenoxy) is 1. The average molecular weight is 272 g/mol. The number of esters is 1. The van der Waals surface area contributed by atoms with Crippen molar-refractivity contribution in [3.63, 3.8) is 0 Å².